The minimum Gasteiger partial charge on any atom is -0.504 e. The van der Waals surface area contributed by atoms with Crippen LogP contribution in [0.1, 0.15) is 18.1 Å². The summed E-state index contributed by atoms with van der Waals surface area (Å²) in [5, 5.41) is 123. The van der Waals surface area contributed by atoms with Crippen molar-refractivity contribution in [3.05, 3.63) is 53.6 Å². The van der Waals surface area contributed by atoms with E-state index in [1.807, 2.05) is 0 Å². The standard InChI is InChI=1S/C35H46O20/c1-14-24(42)26(44)29(47)35(51-14)55-32-30(48)34(49-9-8-16-3-6-18(38)20(40)11-16)53-22(13-50-33-28(46)27(45)25(43)21(12-36)52-33)31(32)54-23(41)7-4-15-2-5-17(37)19(39)10-15/h2-7,10-11,14,21-22,24-40,42-48H,8-9,12-13H2,1H3/b7-4+/t14-,21+,22+,24-,25+,26+,27-,28+,29+,30+,31+,32+,33?,34+,35-/m0/s1. The SMILES string of the molecule is C[C@@H]1O[C@@H](O[C@@H]2[C@@H](O)[C@H](OCCc3ccc(O)c(O)c3)O[C@H](COC3O[C@H](CO)[C@@H](O)[C@H](O)[C@H]3O)[C@H]2OC(=O)/C=C/c2ccc(O)c(O)c2)[C@H](O)[C@H](O)[C@H]1O. The lowest BCUT2D eigenvalue weighted by Crippen LogP contribution is -2.65. The maximum absolute atomic E-state index is 13.3. The molecule has 0 aromatic heterocycles. The van der Waals surface area contributed by atoms with Crippen LogP contribution in [0.2, 0.25) is 0 Å². The number of rotatable bonds is 13. The minimum absolute atomic E-state index is 0.111. The largest absolute Gasteiger partial charge is 0.504 e. The number of aromatic hydroxyl groups is 4. The van der Waals surface area contributed by atoms with Gasteiger partial charge in [0, 0.05) is 6.08 Å². The van der Waals surface area contributed by atoms with Gasteiger partial charge in [0.2, 0.25) is 0 Å². The van der Waals surface area contributed by atoms with Gasteiger partial charge in [0.15, 0.2) is 48.0 Å². The molecule has 3 aliphatic heterocycles. The highest BCUT2D eigenvalue weighted by molar-refractivity contribution is 5.87. The topological polar surface area (TPSA) is 324 Å². The summed E-state index contributed by atoms with van der Waals surface area (Å²) in [6, 6.07) is 7.75. The molecule has 306 valence electrons. The van der Waals surface area contributed by atoms with Crippen LogP contribution in [-0.4, -0.2) is 179 Å². The number of carbonyl (C=O) groups is 1. The van der Waals surface area contributed by atoms with Crippen molar-refractivity contribution in [2.45, 2.75) is 105 Å². The van der Waals surface area contributed by atoms with Crippen molar-refractivity contribution < 1.29 is 99.2 Å². The number of phenols is 4. The Hall–Kier alpha value is -3.71. The third kappa shape index (κ3) is 10.0. The molecule has 3 aliphatic rings. The Labute approximate surface area is 313 Å². The van der Waals surface area contributed by atoms with Gasteiger partial charge in [-0.15, -0.1) is 0 Å². The van der Waals surface area contributed by atoms with Gasteiger partial charge in [0.25, 0.3) is 0 Å². The molecular weight excluding hydrogens is 740 g/mol. The molecule has 12 N–H and O–H groups in total. The maximum Gasteiger partial charge on any atom is 0.331 e. The number of aliphatic hydroxyl groups is 8. The van der Waals surface area contributed by atoms with Crippen LogP contribution in [0.5, 0.6) is 23.0 Å². The summed E-state index contributed by atoms with van der Waals surface area (Å²) >= 11 is 0. The van der Waals surface area contributed by atoms with Gasteiger partial charge in [-0.1, -0.05) is 12.1 Å². The first kappa shape index (κ1) is 42.4. The molecule has 15 atom stereocenters. The van der Waals surface area contributed by atoms with Crippen LogP contribution < -0.4 is 0 Å². The highest BCUT2D eigenvalue weighted by atomic mass is 16.8. The first-order valence-corrected chi connectivity index (χ1v) is 17.2. The van der Waals surface area contributed by atoms with Crippen molar-refractivity contribution in [2.24, 2.45) is 0 Å². The quantitative estimate of drug-likeness (QED) is 0.0541. The molecule has 20 heteroatoms. The normalized spacial score (nSPS) is 36.9. The number of benzene rings is 2. The van der Waals surface area contributed by atoms with Crippen LogP contribution in [0, 0.1) is 0 Å². The van der Waals surface area contributed by atoms with E-state index >= 15 is 0 Å². The van der Waals surface area contributed by atoms with Gasteiger partial charge < -0.3 is 94.4 Å². The number of phenolic OH excluding ortho intramolecular Hbond substituents is 4. The third-order valence-electron chi connectivity index (χ3n) is 9.36. The van der Waals surface area contributed by atoms with Crippen molar-refractivity contribution in [2.75, 3.05) is 19.8 Å². The second kappa shape index (κ2) is 18.5. The Morgan fingerprint density at radius 1 is 0.673 bits per heavy atom. The number of carbonyl (C=O) groups excluding carboxylic acids is 1. The summed E-state index contributed by atoms with van der Waals surface area (Å²) in [4.78, 5) is 13.3. The van der Waals surface area contributed by atoms with Crippen molar-refractivity contribution in [1.82, 2.24) is 0 Å². The van der Waals surface area contributed by atoms with Crippen LogP contribution in [0.25, 0.3) is 6.08 Å². The zero-order chi connectivity index (χ0) is 40.1. The Balaban J connectivity index is 1.43. The molecule has 3 fully saturated rings. The molecule has 3 saturated heterocycles. The van der Waals surface area contributed by atoms with Crippen LogP contribution in [0.4, 0.5) is 0 Å². The van der Waals surface area contributed by atoms with E-state index in [1.165, 1.54) is 43.3 Å². The van der Waals surface area contributed by atoms with E-state index in [-0.39, 0.29) is 30.1 Å². The van der Waals surface area contributed by atoms with Crippen molar-refractivity contribution in [3.63, 3.8) is 0 Å². The molecule has 0 amide bonds. The fourth-order valence-corrected chi connectivity index (χ4v) is 6.14. The highest BCUT2D eigenvalue weighted by Crippen LogP contribution is 2.33. The highest BCUT2D eigenvalue weighted by Gasteiger charge is 2.53. The Kier molecular flexibility index (Phi) is 14.3. The predicted octanol–water partition coefficient (Wildman–Crippen LogP) is -3.19. The summed E-state index contributed by atoms with van der Waals surface area (Å²) in [5.74, 6) is -2.71. The number of aliphatic hydroxyl groups excluding tert-OH is 8. The molecule has 5 rings (SSSR count). The molecule has 0 spiro atoms. The van der Waals surface area contributed by atoms with Gasteiger partial charge in [0.05, 0.1) is 25.9 Å². The fourth-order valence-electron chi connectivity index (χ4n) is 6.14. The Bertz CT molecular complexity index is 1610. The van der Waals surface area contributed by atoms with E-state index in [0.717, 1.165) is 12.1 Å². The summed E-state index contributed by atoms with van der Waals surface area (Å²) in [6.07, 6.45) is -22.6. The molecule has 0 saturated carbocycles. The monoisotopic (exact) mass is 786 g/mol. The number of hydrogen-bond acceptors (Lipinski definition) is 20. The minimum atomic E-state index is -1.88. The number of hydrogen-bond donors (Lipinski definition) is 12. The number of esters is 1. The van der Waals surface area contributed by atoms with Crippen LogP contribution in [0.3, 0.4) is 0 Å². The Morgan fingerprint density at radius 2 is 1.29 bits per heavy atom. The molecule has 0 aliphatic carbocycles. The molecule has 1 unspecified atom stereocenters. The average Bonchev–Trinajstić information content (AvgIpc) is 3.16. The van der Waals surface area contributed by atoms with Gasteiger partial charge in [-0.25, -0.2) is 4.79 Å². The van der Waals surface area contributed by atoms with Crippen LogP contribution in [0.15, 0.2) is 42.5 Å². The first-order chi connectivity index (χ1) is 26.1. The lowest BCUT2D eigenvalue weighted by Gasteiger charge is -2.47. The summed E-state index contributed by atoms with van der Waals surface area (Å²) < 4.78 is 40.2. The van der Waals surface area contributed by atoms with Crippen molar-refractivity contribution >= 4 is 12.0 Å². The molecule has 2 aromatic carbocycles. The second-order valence-electron chi connectivity index (χ2n) is 13.3. The maximum atomic E-state index is 13.3. The second-order valence-corrected chi connectivity index (χ2v) is 13.3. The number of ether oxygens (including phenoxy) is 7. The molecule has 0 bridgehead atoms. The van der Waals surface area contributed by atoms with Gasteiger partial charge in [0.1, 0.15) is 61.0 Å². The van der Waals surface area contributed by atoms with E-state index in [2.05, 4.69) is 0 Å². The van der Waals surface area contributed by atoms with E-state index in [0.29, 0.717) is 5.56 Å². The molecule has 3 heterocycles. The van der Waals surface area contributed by atoms with E-state index in [9.17, 15) is 66.1 Å². The molecule has 2 aromatic rings. The molecule has 20 nitrogen and oxygen atoms in total. The summed E-state index contributed by atoms with van der Waals surface area (Å²) in [7, 11) is 0. The molecule has 55 heavy (non-hydrogen) atoms. The van der Waals surface area contributed by atoms with Crippen LogP contribution in [-0.2, 0) is 44.4 Å². The Morgan fingerprint density at radius 3 is 1.96 bits per heavy atom. The summed E-state index contributed by atoms with van der Waals surface area (Å²) in [6.45, 7) is -0.254. The zero-order valence-electron chi connectivity index (χ0n) is 29.2. The third-order valence-corrected chi connectivity index (χ3v) is 9.36. The van der Waals surface area contributed by atoms with E-state index < -0.39 is 123 Å². The first-order valence-electron chi connectivity index (χ1n) is 17.2. The van der Waals surface area contributed by atoms with Gasteiger partial charge in [-0.05, 0) is 54.8 Å². The van der Waals surface area contributed by atoms with E-state index in [4.69, 9.17) is 33.2 Å². The van der Waals surface area contributed by atoms with Gasteiger partial charge in [-0.3, -0.25) is 0 Å². The van der Waals surface area contributed by atoms with E-state index in [1.54, 1.807) is 0 Å². The predicted molar refractivity (Wildman–Crippen MR) is 180 cm³/mol. The molecule has 0 radical (unpaired) electrons. The van der Waals surface area contributed by atoms with Gasteiger partial charge in [-0.2, -0.15) is 0 Å². The zero-order valence-corrected chi connectivity index (χ0v) is 29.2. The van der Waals surface area contributed by atoms with Gasteiger partial charge >= 0.3 is 5.97 Å². The smallest absolute Gasteiger partial charge is 0.331 e. The lowest BCUT2D eigenvalue weighted by molar-refractivity contribution is -0.364. The average molecular weight is 787 g/mol. The van der Waals surface area contributed by atoms with Crippen molar-refractivity contribution in [1.29, 1.82) is 0 Å². The summed E-state index contributed by atoms with van der Waals surface area (Å²) in [5.41, 5.74) is 0.773. The lowest BCUT2D eigenvalue weighted by atomic mass is 9.96. The van der Waals surface area contributed by atoms with Crippen molar-refractivity contribution in [3.8, 4) is 23.0 Å². The van der Waals surface area contributed by atoms with Crippen LogP contribution >= 0.6 is 0 Å². The fraction of sp³-hybridized carbons (Fsp3) is 0.571. The molecular formula is C35H46O20.